The molecule has 2 heterocycles. The monoisotopic (exact) mass is 802 g/mol. The summed E-state index contributed by atoms with van der Waals surface area (Å²) in [5.74, 6) is -3.04. The van der Waals surface area contributed by atoms with Gasteiger partial charge in [0, 0.05) is 30.8 Å². The average molecular weight is 803 g/mol. The number of amides is 4. The number of halogens is 2. The molecule has 3 aromatic carbocycles. The minimum atomic E-state index is -1.49. The lowest BCUT2D eigenvalue weighted by Crippen LogP contribution is -2.59. The summed E-state index contributed by atoms with van der Waals surface area (Å²) in [5, 5.41) is 7.88. The molecule has 4 aromatic rings. The molecule has 3 N–H and O–H groups in total. The largest absolute Gasteiger partial charge is 0.444 e. The third-order valence-corrected chi connectivity index (χ3v) is 9.28. The number of likely N-dealkylation sites (tertiary alicyclic amines) is 1. The lowest BCUT2D eigenvalue weighted by molar-refractivity contribution is -0.134. The van der Waals surface area contributed by atoms with Crippen LogP contribution in [0.1, 0.15) is 82.4 Å². The second-order valence-electron chi connectivity index (χ2n) is 15.4. The van der Waals surface area contributed by atoms with Crippen LogP contribution in [-0.4, -0.2) is 80.9 Å². The SMILES string of the molecule is C.CC(C)(C)OC(=O)NC(C)(C)C(=O)N[C@H](COCc1ccccc1)C(=O)Nc1cn(C(C(=O)N2CCC(C(=O)c3ccc(F)cc3)CC2)c2ccc(F)cc2)cn1. The Morgan fingerprint density at radius 1 is 0.862 bits per heavy atom. The number of piperidine rings is 1. The van der Waals surface area contributed by atoms with Crippen LogP contribution in [0.5, 0.6) is 0 Å². The Morgan fingerprint density at radius 3 is 2.07 bits per heavy atom. The van der Waals surface area contributed by atoms with Gasteiger partial charge in [0.05, 0.1) is 19.5 Å². The molecular formula is C43H52F2N6O7. The molecule has 1 fully saturated rings. The van der Waals surface area contributed by atoms with Gasteiger partial charge in [-0.3, -0.25) is 19.2 Å². The highest BCUT2D eigenvalue weighted by molar-refractivity contribution is 5.99. The standard InChI is InChI=1S/C42H48F2N6O7.CH4/c1-41(2,3)57-40(55)48-42(4,5)39(54)46-33(25-56-24-27-9-7-6-8-10-27)37(52)47-34-23-50(26-45-34)35(28-11-15-31(43)16-12-28)38(53)49-21-19-30(20-22-49)36(51)29-13-17-32(44)18-14-29;/h6-18,23,26,30,33,35H,19-22,24-25H2,1-5H3,(H,46,54)(H,47,52)(H,48,55);1H4/t33-,35?;/m1./s1. The molecule has 310 valence electrons. The Morgan fingerprint density at radius 2 is 1.47 bits per heavy atom. The van der Waals surface area contributed by atoms with E-state index in [1.807, 2.05) is 30.3 Å². The molecule has 1 aliphatic rings. The maximum absolute atomic E-state index is 14.2. The van der Waals surface area contributed by atoms with Crippen LogP contribution < -0.4 is 16.0 Å². The van der Waals surface area contributed by atoms with E-state index < -0.39 is 52.8 Å². The number of hydrogen-bond donors (Lipinski definition) is 3. The first-order chi connectivity index (χ1) is 27.0. The molecule has 0 saturated carbocycles. The molecule has 58 heavy (non-hydrogen) atoms. The fourth-order valence-electron chi connectivity index (χ4n) is 6.23. The van der Waals surface area contributed by atoms with Gasteiger partial charge in [0.25, 0.3) is 5.91 Å². The molecule has 0 radical (unpaired) electrons. The maximum Gasteiger partial charge on any atom is 0.408 e. The summed E-state index contributed by atoms with van der Waals surface area (Å²) < 4.78 is 40.1. The summed E-state index contributed by atoms with van der Waals surface area (Å²) >= 11 is 0. The van der Waals surface area contributed by atoms with E-state index in [4.69, 9.17) is 9.47 Å². The van der Waals surface area contributed by atoms with Crippen molar-refractivity contribution in [2.45, 2.75) is 84.7 Å². The van der Waals surface area contributed by atoms with Crippen molar-refractivity contribution < 1.29 is 42.2 Å². The predicted molar refractivity (Wildman–Crippen MR) is 214 cm³/mol. The van der Waals surface area contributed by atoms with Gasteiger partial charge >= 0.3 is 6.09 Å². The Balaban J connectivity index is 0.00000744. The molecule has 1 aromatic heterocycles. The van der Waals surface area contributed by atoms with Crippen molar-refractivity contribution in [3.8, 4) is 0 Å². The Kier molecular flexibility index (Phi) is 15.0. The number of anilines is 1. The number of carbonyl (C=O) groups is 5. The van der Waals surface area contributed by atoms with Crippen LogP contribution in [-0.2, 0) is 30.5 Å². The Hall–Kier alpha value is -5.96. The highest BCUT2D eigenvalue weighted by Gasteiger charge is 2.36. The fraction of sp³-hybridized carbons (Fsp3) is 0.395. The van der Waals surface area contributed by atoms with Crippen LogP contribution in [0.3, 0.4) is 0 Å². The van der Waals surface area contributed by atoms with E-state index in [-0.39, 0.29) is 57.2 Å². The molecule has 0 spiro atoms. The first-order valence-corrected chi connectivity index (χ1v) is 18.6. The van der Waals surface area contributed by atoms with E-state index in [2.05, 4.69) is 20.9 Å². The highest BCUT2D eigenvalue weighted by atomic mass is 19.1. The number of aromatic nitrogens is 2. The van der Waals surface area contributed by atoms with Crippen LogP contribution >= 0.6 is 0 Å². The average Bonchev–Trinajstić information content (AvgIpc) is 3.62. The number of benzene rings is 3. The van der Waals surface area contributed by atoms with Gasteiger partial charge in [-0.05, 0) is 95.0 Å². The Bertz CT molecular complexity index is 2020. The minimum Gasteiger partial charge on any atom is -0.444 e. The number of alkyl carbamates (subject to hydrolysis) is 1. The molecule has 5 rings (SSSR count). The van der Waals surface area contributed by atoms with E-state index in [0.717, 1.165) is 5.56 Å². The van der Waals surface area contributed by atoms with E-state index in [0.29, 0.717) is 24.0 Å². The first-order valence-electron chi connectivity index (χ1n) is 18.6. The zero-order valence-electron chi connectivity index (χ0n) is 32.6. The smallest absolute Gasteiger partial charge is 0.408 e. The summed E-state index contributed by atoms with van der Waals surface area (Å²) in [5.41, 5.74) is -0.594. The fourth-order valence-corrected chi connectivity index (χ4v) is 6.23. The van der Waals surface area contributed by atoms with E-state index in [1.165, 1.54) is 79.5 Å². The zero-order chi connectivity index (χ0) is 41.3. The van der Waals surface area contributed by atoms with Crippen LogP contribution in [0, 0.1) is 17.6 Å². The van der Waals surface area contributed by atoms with Gasteiger partial charge in [0.1, 0.15) is 34.9 Å². The quantitative estimate of drug-likeness (QED) is 0.123. The maximum atomic E-state index is 14.2. The summed E-state index contributed by atoms with van der Waals surface area (Å²) in [7, 11) is 0. The van der Waals surface area contributed by atoms with Crippen molar-refractivity contribution in [3.05, 3.63) is 120 Å². The lowest BCUT2D eigenvalue weighted by atomic mass is 9.88. The normalized spacial score (nSPS) is 14.4. The second-order valence-corrected chi connectivity index (χ2v) is 15.4. The summed E-state index contributed by atoms with van der Waals surface area (Å²) in [6.45, 7) is 8.44. The highest BCUT2D eigenvalue weighted by Crippen LogP contribution is 2.28. The number of hydrogen-bond acceptors (Lipinski definition) is 8. The molecule has 4 amide bonds. The number of Topliss-reactive ketones (excluding diaryl/α,β-unsaturated/α-hetero) is 1. The topological polar surface area (TPSA) is 161 Å². The van der Waals surface area contributed by atoms with Gasteiger partial charge in [-0.1, -0.05) is 49.9 Å². The molecule has 13 nitrogen and oxygen atoms in total. The van der Waals surface area contributed by atoms with E-state index in [1.54, 1.807) is 25.7 Å². The summed E-state index contributed by atoms with van der Waals surface area (Å²) in [4.78, 5) is 73.0. The van der Waals surface area contributed by atoms with Gasteiger partial charge in [0.15, 0.2) is 11.6 Å². The van der Waals surface area contributed by atoms with Crippen molar-refractivity contribution in [2.24, 2.45) is 5.92 Å². The molecule has 0 aliphatic carbocycles. The number of carbonyl (C=O) groups excluding carboxylic acids is 5. The first kappa shape index (κ1) is 44.8. The third-order valence-electron chi connectivity index (χ3n) is 9.28. The van der Waals surface area contributed by atoms with Crippen molar-refractivity contribution in [1.82, 2.24) is 25.1 Å². The predicted octanol–water partition coefficient (Wildman–Crippen LogP) is 6.45. The van der Waals surface area contributed by atoms with Gasteiger partial charge in [-0.25, -0.2) is 18.6 Å². The second kappa shape index (κ2) is 19.5. The molecule has 1 unspecified atom stereocenters. The van der Waals surface area contributed by atoms with Crippen LogP contribution in [0.2, 0.25) is 0 Å². The summed E-state index contributed by atoms with van der Waals surface area (Å²) in [6, 6.07) is 17.8. The van der Waals surface area contributed by atoms with Crippen molar-refractivity contribution in [1.29, 1.82) is 0 Å². The number of ketones is 1. The van der Waals surface area contributed by atoms with Gasteiger partial charge in [-0.15, -0.1) is 0 Å². The molecule has 2 atom stereocenters. The Labute approximate surface area is 337 Å². The molecule has 15 heteroatoms. The van der Waals surface area contributed by atoms with E-state index in [9.17, 15) is 32.8 Å². The van der Waals surface area contributed by atoms with Crippen LogP contribution in [0.25, 0.3) is 0 Å². The van der Waals surface area contributed by atoms with Gasteiger partial charge in [0.2, 0.25) is 11.8 Å². The molecule has 1 saturated heterocycles. The number of rotatable bonds is 14. The molecular weight excluding hydrogens is 751 g/mol. The van der Waals surface area contributed by atoms with Crippen LogP contribution in [0.4, 0.5) is 19.4 Å². The number of nitrogens with zero attached hydrogens (tertiary/aromatic N) is 3. The van der Waals surface area contributed by atoms with E-state index >= 15 is 0 Å². The third kappa shape index (κ3) is 12.3. The zero-order valence-corrected chi connectivity index (χ0v) is 32.6. The molecule has 0 bridgehead atoms. The van der Waals surface area contributed by atoms with Gasteiger partial charge in [-0.2, -0.15) is 0 Å². The van der Waals surface area contributed by atoms with Crippen molar-refractivity contribution in [2.75, 3.05) is 25.0 Å². The van der Waals surface area contributed by atoms with Crippen molar-refractivity contribution in [3.63, 3.8) is 0 Å². The van der Waals surface area contributed by atoms with Crippen LogP contribution in [0.15, 0.2) is 91.4 Å². The van der Waals surface area contributed by atoms with Crippen molar-refractivity contribution >= 4 is 35.4 Å². The van der Waals surface area contributed by atoms with Gasteiger partial charge < -0.3 is 34.9 Å². The number of ether oxygens (including phenoxy) is 2. The minimum absolute atomic E-state index is 0. The molecule has 1 aliphatic heterocycles. The number of imidazole rings is 1. The number of nitrogens with one attached hydrogen (secondary N) is 3. The summed E-state index contributed by atoms with van der Waals surface area (Å²) in [6.07, 6.45) is 2.79. The lowest BCUT2D eigenvalue weighted by Gasteiger charge is -2.34.